The Hall–Kier alpha value is -4.28. The van der Waals surface area contributed by atoms with Crippen LogP contribution in [0.2, 0.25) is 0 Å². The summed E-state index contributed by atoms with van der Waals surface area (Å²) in [5.74, 6) is -1.04. The van der Waals surface area contributed by atoms with Crippen LogP contribution in [0.4, 0.5) is 0 Å². The van der Waals surface area contributed by atoms with Crippen molar-refractivity contribution in [2.45, 2.75) is 0 Å². The molecule has 0 aliphatic carbocycles. The van der Waals surface area contributed by atoms with Crippen molar-refractivity contribution in [1.82, 2.24) is 5.43 Å². The number of carbonyl (C=O) groups excluding carboxylic acids is 1. The maximum absolute atomic E-state index is 11.8. The number of nitrogens with one attached hydrogen (secondary N) is 1. The first-order valence-corrected chi connectivity index (χ1v) is 11.9. The van der Waals surface area contributed by atoms with Gasteiger partial charge in [0.25, 0.3) is 5.91 Å². The van der Waals surface area contributed by atoms with Gasteiger partial charge in [-0.1, -0.05) is 95.0 Å². The number of carbonyl (C=O) groups is 1. The van der Waals surface area contributed by atoms with Gasteiger partial charge in [-0.05, 0) is 35.4 Å². The Morgan fingerprint density at radius 2 is 1.05 bits per heavy atom. The molecule has 8 nitrogen and oxygen atoms in total. The maximum Gasteiger partial charge on any atom is 2.00 e. The Bertz CT molecular complexity index is 1470. The SMILES string of the molecule is O/C(=N/N=C(\[S-])c1ccccc1)c1ccccc1O.O=C(N/N=C(/[S-])c1ccccc1)c1ccccc1O.[Mn+2]. The number of amides is 1. The first kappa shape index (κ1) is 30.9. The van der Waals surface area contributed by atoms with Crippen molar-refractivity contribution in [2.24, 2.45) is 15.3 Å². The van der Waals surface area contributed by atoms with Crippen molar-refractivity contribution in [3.8, 4) is 11.5 Å². The second-order valence-corrected chi connectivity index (χ2v) is 8.23. The van der Waals surface area contributed by atoms with E-state index in [9.17, 15) is 20.1 Å². The molecule has 0 aliphatic heterocycles. The summed E-state index contributed by atoms with van der Waals surface area (Å²) in [7, 11) is 0. The summed E-state index contributed by atoms with van der Waals surface area (Å²) in [5, 5.41) is 40.6. The van der Waals surface area contributed by atoms with Crippen LogP contribution in [0.15, 0.2) is 124 Å². The molecule has 0 unspecified atom stereocenters. The van der Waals surface area contributed by atoms with Crippen LogP contribution in [0.5, 0.6) is 11.5 Å². The number of benzene rings is 4. The van der Waals surface area contributed by atoms with Crippen LogP contribution in [0.3, 0.4) is 0 Å². The Kier molecular flexibility index (Phi) is 12.6. The summed E-state index contributed by atoms with van der Waals surface area (Å²) in [6.45, 7) is 0. The summed E-state index contributed by atoms with van der Waals surface area (Å²) >= 11 is 10.2. The summed E-state index contributed by atoms with van der Waals surface area (Å²) in [5.41, 5.74) is 4.18. The first-order valence-electron chi connectivity index (χ1n) is 11.1. The van der Waals surface area contributed by atoms with Gasteiger partial charge in [0.1, 0.15) is 11.5 Å². The maximum atomic E-state index is 11.8. The fourth-order valence-corrected chi connectivity index (χ4v) is 3.28. The van der Waals surface area contributed by atoms with Crippen molar-refractivity contribution in [3.05, 3.63) is 131 Å². The number of para-hydroxylation sites is 2. The molecule has 4 rings (SSSR count). The molecule has 0 saturated heterocycles. The molecule has 4 aromatic carbocycles. The molecular formula is C28H22MnN4O4S2. The molecule has 11 heteroatoms. The first-order chi connectivity index (χ1) is 18.4. The standard InChI is InChI=1S/2C14H12N2O2S.Mn/c2*17-12-9-5-4-8-11(12)13(18)15-16-14(19)10-6-2-1-3-7-10;/h2*1-9,17H,(H,15,18)(H,16,19);/q;;+2/p-2. The Morgan fingerprint density at radius 1 is 0.615 bits per heavy atom. The number of rotatable bonds is 6. The molecule has 0 atom stereocenters. The molecule has 0 fully saturated rings. The molecule has 197 valence electrons. The molecule has 0 spiro atoms. The third kappa shape index (κ3) is 9.51. The number of hydrogen-bond donors (Lipinski definition) is 4. The fraction of sp³-hybridized carbons (Fsp3) is 0. The monoisotopic (exact) mass is 597 g/mol. The number of aliphatic hydroxyl groups is 1. The van der Waals surface area contributed by atoms with E-state index in [1.165, 1.54) is 24.3 Å². The second kappa shape index (κ2) is 15.9. The molecule has 39 heavy (non-hydrogen) atoms. The van der Waals surface area contributed by atoms with Gasteiger partial charge in [-0.2, -0.15) is 5.10 Å². The van der Waals surface area contributed by atoms with Crippen LogP contribution >= 0.6 is 0 Å². The van der Waals surface area contributed by atoms with Gasteiger partial charge in [0, 0.05) is 0 Å². The summed E-state index contributed by atoms with van der Waals surface area (Å²) in [4.78, 5) is 11.8. The molecule has 0 bridgehead atoms. The predicted molar refractivity (Wildman–Crippen MR) is 154 cm³/mol. The molecule has 0 saturated carbocycles. The van der Waals surface area contributed by atoms with E-state index in [4.69, 9.17) is 25.3 Å². The van der Waals surface area contributed by atoms with Gasteiger partial charge < -0.3 is 40.6 Å². The van der Waals surface area contributed by atoms with Crippen molar-refractivity contribution >= 4 is 47.1 Å². The van der Waals surface area contributed by atoms with Crippen LogP contribution in [0, 0.1) is 0 Å². The minimum Gasteiger partial charge on any atom is -0.758 e. The second-order valence-electron chi connectivity index (χ2n) is 7.45. The van der Waals surface area contributed by atoms with Gasteiger partial charge in [-0.15, -0.1) is 5.10 Å². The van der Waals surface area contributed by atoms with E-state index in [1.54, 1.807) is 48.5 Å². The number of nitrogens with zero attached hydrogens (tertiary/aromatic N) is 3. The third-order valence-electron chi connectivity index (χ3n) is 4.83. The van der Waals surface area contributed by atoms with Crippen LogP contribution < -0.4 is 5.43 Å². The zero-order valence-corrected chi connectivity index (χ0v) is 23.0. The van der Waals surface area contributed by atoms with E-state index in [-0.39, 0.29) is 55.7 Å². The Balaban J connectivity index is 0.000000267. The zero-order valence-electron chi connectivity index (χ0n) is 20.2. The van der Waals surface area contributed by atoms with Gasteiger partial charge in [0.2, 0.25) is 5.90 Å². The van der Waals surface area contributed by atoms with E-state index in [0.29, 0.717) is 0 Å². The number of aromatic hydroxyl groups is 2. The van der Waals surface area contributed by atoms with E-state index < -0.39 is 5.91 Å². The zero-order chi connectivity index (χ0) is 27.3. The van der Waals surface area contributed by atoms with E-state index >= 15 is 0 Å². The number of hydrogen-bond acceptors (Lipinski definition) is 8. The molecule has 4 N–H and O–H groups in total. The average Bonchev–Trinajstić information content (AvgIpc) is 2.96. The number of hydrazone groups is 1. The van der Waals surface area contributed by atoms with Crippen molar-refractivity contribution in [1.29, 1.82) is 0 Å². The van der Waals surface area contributed by atoms with Gasteiger partial charge >= 0.3 is 17.1 Å². The number of phenols is 2. The summed E-state index contributed by atoms with van der Waals surface area (Å²) < 4.78 is 0. The van der Waals surface area contributed by atoms with E-state index in [1.807, 2.05) is 36.4 Å². The minimum absolute atomic E-state index is 0. The topological polar surface area (TPSA) is 127 Å². The molecule has 0 aliphatic rings. The molecular weight excluding hydrogens is 575 g/mol. The molecule has 1 amide bonds. The van der Waals surface area contributed by atoms with Gasteiger partial charge in [0.05, 0.1) is 11.1 Å². The van der Waals surface area contributed by atoms with Crippen molar-refractivity contribution in [3.63, 3.8) is 0 Å². The molecule has 4 aromatic rings. The van der Waals surface area contributed by atoms with Crippen LogP contribution in [0.1, 0.15) is 27.0 Å². The fourth-order valence-electron chi connectivity index (χ4n) is 2.92. The van der Waals surface area contributed by atoms with Gasteiger partial charge in [-0.3, -0.25) is 4.79 Å². The Morgan fingerprint density at radius 3 is 1.56 bits per heavy atom. The van der Waals surface area contributed by atoms with E-state index in [0.717, 1.165) is 11.1 Å². The molecule has 0 heterocycles. The largest absolute Gasteiger partial charge is 2.00 e. The van der Waals surface area contributed by atoms with Crippen molar-refractivity contribution in [2.75, 3.05) is 0 Å². The number of aliphatic hydroxyl groups excluding tert-OH is 1. The quantitative estimate of drug-likeness (QED) is 0.0844. The van der Waals surface area contributed by atoms with Crippen LogP contribution in [-0.4, -0.2) is 37.2 Å². The Labute approximate surface area is 247 Å². The minimum atomic E-state index is -0.503. The number of phenolic OH excluding ortho intramolecular Hbond substituents is 2. The van der Waals surface area contributed by atoms with E-state index in [2.05, 4.69) is 20.7 Å². The van der Waals surface area contributed by atoms with Gasteiger partial charge in [0.15, 0.2) is 0 Å². The smallest absolute Gasteiger partial charge is 0.758 e. The molecule has 1 radical (unpaired) electrons. The molecule has 0 aromatic heterocycles. The van der Waals surface area contributed by atoms with Gasteiger partial charge in [-0.25, -0.2) is 10.5 Å². The normalized spacial score (nSPS) is 11.4. The summed E-state index contributed by atoms with van der Waals surface area (Å²) in [6.07, 6.45) is 0. The third-order valence-corrected chi connectivity index (χ3v) is 5.47. The van der Waals surface area contributed by atoms with Crippen molar-refractivity contribution < 1.29 is 37.2 Å². The average molecular weight is 598 g/mol. The summed E-state index contributed by atoms with van der Waals surface area (Å²) in [6, 6.07) is 30.9. The van der Waals surface area contributed by atoms with Crippen LogP contribution in [0.25, 0.3) is 0 Å². The predicted octanol–water partition coefficient (Wildman–Crippen LogP) is 4.63. The van der Waals surface area contributed by atoms with Crippen LogP contribution in [-0.2, 0) is 42.3 Å².